The van der Waals surface area contributed by atoms with Crippen LogP contribution in [0.5, 0.6) is 0 Å². The minimum Gasteiger partial charge on any atom is -0.394 e. The van der Waals surface area contributed by atoms with Gasteiger partial charge in [-0.3, -0.25) is 0 Å². The van der Waals surface area contributed by atoms with Crippen LogP contribution in [-0.4, -0.2) is 31.9 Å². The molecule has 0 aliphatic carbocycles. The van der Waals surface area contributed by atoms with E-state index < -0.39 is 11.7 Å². The summed E-state index contributed by atoms with van der Waals surface area (Å²) in [5.41, 5.74) is 2.09. The number of tetrazole rings is 1. The van der Waals surface area contributed by atoms with Crippen molar-refractivity contribution >= 4 is 0 Å². The Hall–Kier alpha value is -3.18. The Balaban J connectivity index is 1.94. The summed E-state index contributed by atoms with van der Waals surface area (Å²) in [7, 11) is 0. The van der Waals surface area contributed by atoms with Crippen LogP contribution in [-0.2, 0) is 19.1 Å². The van der Waals surface area contributed by atoms with E-state index in [0.29, 0.717) is 28.9 Å². The molecule has 3 rings (SSSR count). The minimum absolute atomic E-state index is 0.126. The third-order valence-corrected chi connectivity index (χ3v) is 3.95. The molecule has 0 radical (unpaired) electrons. The molecule has 0 spiro atoms. The van der Waals surface area contributed by atoms with E-state index in [9.17, 15) is 13.2 Å². The maximum atomic E-state index is 12.7. The smallest absolute Gasteiger partial charge is 0.394 e. The fourth-order valence-electron chi connectivity index (χ4n) is 2.60. The second-order valence-electron chi connectivity index (χ2n) is 5.82. The van der Waals surface area contributed by atoms with Crippen molar-refractivity contribution in [3.8, 4) is 23.7 Å². The van der Waals surface area contributed by atoms with Gasteiger partial charge in [0.15, 0.2) is 0 Å². The molecule has 1 heterocycles. The number of aliphatic hydroxyl groups is 1. The van der Waals surface area contributed by atoms with Crippen LogP contribution < -0.4 is 0 Å². The molecule has 1 aromatic heterocycles. The monoisotopic (exact) mass is 372 g/mol. The van der Waals surface area contributed by atoms with Crippen molar-refractivity contribution in [1.82, 2.24) is 20.2 Å². The van der Waals surface area contributed by atoms with Crippen LogP contribution >= 0.6 is 0 Å². The zero-order chi connectivity index (χ0) is 19.4. The van der Waals surface area contributed by atoms with E-state index in [-0.39, 0.29) is 13.2 Å². The van der Waals surface area contributed by atoms with Crippen molar-refractivity contribution in [3.63, 3.8) is 0 Å². The van der Waals surface area contributed by atoms with Crippen LogP contribution in [0.3, 0.4) is 0 Å². The van der Waals surface area contributed by atoms with E-state index in [1.54, 1.807) is 18.2 Å². The van der Waals surface area contributed by atoms with Gasteiger partial charge < -0.3 is 5.11 Å². The van der Waals surface area contributed by atoms with Gasteiger partial charge in [-0.15, -0.1) is 16.6 Å². The Labute approximate surface area is 153 Å². The summed E-state index contributed by atoms with van der Waals surface area (Å²) in [6.07, 6.45) is 1.47. The van der Waals surface area contributed by atoms with Crippen molar-refractivity contribution < 1.29 is 18.3 Å². The van der Waals surface area contributed by atoms with Crippen LogP contribution in [0.25, 0.3) is 11.4 Å². The van der Waals surface area contributed by atoms with Gasteiger partial charge in [-0.1, -0.05) is 24.1 Å². The van der Waals surface area contributed by atoms with Gasteiger partial charge in [0.05, 0.1) is 18.7 Å². The van der Waals surface area contributed by atoms with Crippen LogP contribution in [0.1, 0.15) is 22.3 Å². The van der Waals surface area contributed by atoms with E-state index in [0.717, 1.165) is 17.7 Å². The zero-order valence-electron chi connectivity index (χ0n) is 14.1. The summed E-state index contributed by atoms with van der Waals surface area (Å²) in [6.45, 7) is 0.0780. The van der Waals surface area contributed by atoms with Gasteiger partial charge in [0.1, 0.15) is 0 Å². The topological polar surface area (TPSA) is 63.8 Å². The molecule has 0 saturated carbocycles. The van der Waals surface area contributed by atoms with Gasteiger partial charge in [0, 0.05) is 11.1 Å². The molecule has 0 aliphatic rings. The lowest BCUT2D eigenvalue weighted by atomic mass is 9.97. The second-order valence-corrected chi connectivity index (χ2v) is 5.82. The maximum absolute atomic E-state index is 12.7. The van der Waals surface area contributed by atoms with E-state index >= 15 is 0 Å². The minimum atomic E-state index is -4.37. The molecular weight excluding hydrogens is 357 g/mol. The van der Waals surface area contributed by atoms with Gasteiger partial charge in [-0.05, 0) is 47.0 Å². The van der Waals surface area contributed by atoms with Crippen LogP contribution in [0.15, 0.2) is 42.5 Å². The number of benzene rings is 2. The number of hydrogen-bond donors (Lipinski definition) is 1. The number of aromatic nitrogens is 4. The molecule has 0 unspecified atom stereocenters. The van der Waals surface area contributed by atoms with E-state index in [4.69, 9.17) is 11.5 Å². The Kier molecular flexibility index (Phi) is 5.23. The summed E-state index contributed by atoms with van der Waals surface area (Å²) in [6, 6.07) is 10.3. The highest BCUT2D eigenvalue weighted by molar-refractivity contribution is 5.63. The SMILES string of the molecule is C#Cc1ccc(Cc2ccc(C(F)(F)F)cc2)c(-c2nnn(CCO)n2)c1. The molecule has 3 aromatic rings. The first-order valence-electron chi connectivity index (χ1n) is 8.05. The molecule has 1 N–H and O–H groups in total. The van der Waals surface area contributed by atoms with Crippen molar-refractivity contribution in [2.24, 2.45) is 0 Å². The Morgan fingerprint density at radius 3 is 2.48 bits per heavy atom. The van der Waals surface area contributed by atoms with Crippen molar-refractivity contribution in [2.75, 3.05) is 6.61 Å². The predicted molar refractivity (Wildman–Crippen MR) is 92.5 cm³/mol. The maximum Gasteiger partial charge on any atom is 0.416 e. The van der Waals surface area contributed by atoms with Gasteiger partial charge in [0.2, 0.25) is 5.82 Å². The summed E-state index contributed by atoms with van der Waals surface area (Å²) in [4.78, 5) is 1.26. The number of aliphatic hydroxyl groups excluding tert-OH is 1. The molecule has 5 nitrogen and oxygen atoms in total. The molecule has 0 atom stereocenters. The average molecular weight is 372 g/mol. The predicted octanol–water partition coefficient (Wildman–Crippen LogP) is 2.92. The molecule has 8 heteroatoms. The van der Waals surface area contributed by atoms with Gasteiger partial charge in [-0.25, -0.2) is 0 Å². The number of hydrogen-bond acceptors (Lipinski definition) is 4. The summed E-state index contributed by atoms with van der Waals surface area (Å²) >= 11 is 0. The first kappa shape index (κ1) is 18.6. The number of halogens is 3. The zero-order valence-corrected chi connectivity index (χ0v) is 14.1. The number of rotatable bonds is 5. The Bertz CT molecular complexity index is 972. The standard InChI is InChI=1S/C19H15F3N4O/c1-2-13-3-6-15(11-14-4-7-16(8-5-14)19(20,21)22)17(12-13)18-23-25-26(24-18)9-10-27/h1,3-8,12,27H,9-11H2. The third kappa shape index (κ3) is 4.33. The Morgan fingerprint density at radius 2 is 1.85 bits per heavy atom. The lowest BCUT2D eigenvalue weighted by Crippen LogP contribution is -2.06. The normalized spacial score (nSPS) is 11.4. The van der Waals surface area contributed by atoms with Gasteiger partial charge in [0.25, 0.3) is 0 Å². The largest absolute Gasteiger partial charge is 0.416 e. The third-order valence-electron chi connectivity index (χ3n) is 3.95. The molecule has 0 bridgehead atoms. The Morgan fingerprint density at radius 1 is 1.11 bits per heavy atom. The average Bonchev–Trinajstić information content (AvgIpc) is 3.10. The van der Waals surface area contributed by atoms with E-state index in [1.165, 1.54) is 16.9 Å². The highest BCUT2D eigenvalue weighted by Gasteiger charge is 2.29. The molecule has 138 valence electrons. The number of terminal acetylenes is 1. The highest BCUT2D eigenvalue weighted by atomic mass is 19.4. The molecule has 2 aromatic carbocycles. The second kappa shape index (κ2) is 7.60. The lowest BCUT2D eigenvalue weighted by molar-refractivity contribution is -0.137. The van der Waals surface area contributed by atoms with Crippen molar-refractivity contribution in [1.29, 1.82) is 0 Å². The van der Waals surface area contributed by atoms with Crippen LogP contribution in [0.4, 0.5) is 13.2 Å². The fraction of sp³-hybridized carbons (Fsp3) is 0.211. The number of alkyl halides is 3. The number of nitrogens with zero attached hydrogens (tertiary/aromatic N) is 4. The molecule has 0 aliphatic heterocycles. The van der Waals surface area contributed by atoms with Gasteiger partial charge >= 0.3 is 6.18 Å². The lowest BCUT2D eigenvalue weighted by Gasteiger charge is -2.10. The highest BCUT2D eigenvalue weighted by Crippen LogP contribution is 2.30. The quantitative estimate of drug-likeness (QED) is 0.700. The molecular formula is C19H15F3N4O. The molecule has 0 amide bonds. The molecule has 0 saturated heterocycles. The van der Waals surface area contributed by atoms with E-state index in [1.807, 2.05) is 0 Å². The van der Waals surface area contributed by atoms with Crippen molar-refractivity contribution in [3.05, 3.63) is 64.7 Å². The van der Waals surface area contributed by atoms with Gasteiger partial charge in [-0.2, -0.15) is 18.0 Å². The van der Waals surface area contributed by atoms with Crippen molar-refractivity contribution in [2.45, 2.75) is 19.1 Å². The van der Waals surface area contributed by atoms with Crippen LogP contribution in [0.2, 0.25) is 0 Å². The molecule has 27 heavy (non-hydrogen) atoms. The first-order valence-corrected chi connectivity index (χ1v) is 8.05. The summed E-state index contributed by atoms with van der Waals surface area (Å²) in [5.74, 6) is 2.87. The fourth-order valence-corrected chi connectivity index (χ4v) is 2.60. The summed E-state index contributed by atoms with van der Waals surface area (Å²) in [5, 5.41) is 21.0. The summed E-state index contributed by atoms with van der Waals surface area (Å²) < 4.78 is 38.2. The first-order chi connectivity index (χ1) is 12.9. The van der Waals surface area contributed by atoms with Crippen LogP contribution in [0, 0.1) is 12.3 Å². The molecule has 0 fully saturated rings. The van der Waals surface area contributed by atoms with E-state index in [2.05, 4.69) is 21.3 Å².